The first-order chi connectivity index (χ1) is 8.22. The number of nitrogens with one attached hydrogen (secondary N) is 1. The van der Waals surface area contributed by atoms with Crippen LogP contribution in [-0.2, 0) is 0 Å². The SMILES string of the molecule is CCC(c1ccc(F)c(Cl)c1)N1CCNCC1. The van der Waals surface area contributed by atoms with Gasteiger partial charge in [-0.05, 0) is 24.1 Å². The third-order valence-electron chi connectivity index (χ3n) is 3.31. The highest BCUT2D eigenvalue weighted by Crippen LogP contribution is 2.27. The summed E-state index contributed by atoms with van der Waals surface area (Å²) in [5, 5.41) is 3.56. The molecule has 1 saturated heterocycles. The number of piperazine rings is 1. The maximum absolute atomic E-state index is 13.2. The first-order valence-corrected chi connectivity index (χ1v) is 6.50. The Hall–Kier alpha value is -0.640. The largest absolute Gasteiger partial charge is 0.314 e. The number of hydrogen-bond acceptors (Lipinski definition) is 2. The van der Waals surface area contributed by atoms with E-state index in [4.69, 9.17) is 11.6 Å². The Bertz CT molecular complexity index is 378. The maximum Gasteiger partial charge on any atom is 0.141 e. The lowest BCUT2D eigenvalue weighted by molar-refractivity contribution is 0.169. The Balaban J connectivity index is 2.18. The van der Waals surface area contributed by atoms with Crippen LogP contribution in [0.4, 0.5) is 4.39 Å². The fraction of sp³-hybridized carbons (Fsp3) is 0.538. The highest BCUT2D eigenvalue weighted by Gasteiger charge is 2.21. The molecule has 1 unspecified atom stereocenters. The van der Waals surface area contributed by atoms with Gasteiger partial charge in [0.05, 0.1) is 5.02 Å². The molecular formula is C13H18ClFN2. The van der Waals surface area contributed by atoms with Crippen molar-refractivity contribution in [3.05, 3.63) is 34.6 Å². The number of rotatable bonds is 3. The Morgan fingerprint density at radius 2 is 2.12 bits per heavy atom. The van der Waals surface area contributed by atoms with E-state index in [-0.39, 0.29) is 10.8 Å². The molecule has 0 bridgehead atoms. The molecule has 1 atom stereocenters. The van der Waals surface area contributed by atoms with Gasteiger partial charge < -0.3 is 5.32 Å². The van der Waals surface area contributed by atoms with E-state index >= 15 is 0 Å². The molecule has 1 N–H and O–H groups in total. The van der Waals surface area contributed by atoms with Crippen molar-refractivity contribution >= 4 is 11.6 Å². The highest BCUT2D eigenvalue weighted by molar-refractivity contribution is 6.30. The van der Waals surface area contributed by atoms with Crippen LogP contribution < -0.4 is 5.32 Å². The average Bonchev–Trinajstić information content (AvgIpc) is 2.36. The van der Waals surface area contributed by atoms with Gasteiger partial charge in [0.25, 0.3) is 0 Å². The third-order valence-corrected chi connectivity index (χ3v) is 3.60. The number of nitrogens with zero attached hydrogens (tertiary/aromatic N) is 1. The van der Waals surface area contributed by atoms with Gasteiger partial charge in [0.1, 0.15) is 5.82 Å². The van der Waals surface area contributed by atoms with Gasteiger partial charge in [-0.3, -0.25) is 4.90 Å². The summed E-state index contributed by atoms with van der Waals surface area (Å²) in [4.78, 5) is 2.43. The molecule has 1 heterocycles. The second-order valence-electron chi connectivity index (χ2n) is 4.38. The van der Waals surface area contributed by atoms with Crippen LogP contribution in [-0.4, -0.2) is 31.1 Å². The molecule has 2 rings (SSSR count). The van der Waals surface area contributed by atoms with Gasteiger partial charge in [-0.15, -0.1) is 0 Å². The van der Waals surface area contributed by atoms with E-state index in [1.165, 1.54) is 6.07 Å². The van der Waals surface area contributed by atoms with Crippen molar-refractivity contribution in [2.75, 3.05) is 26.2 Å². The number of hydrogen-bond donors (Lipinski definition) is 1. The number of benzene rings is 1. The molecule has 1 aliphatic heterocycles. The summed E-state index contributed by atoms with van der Waals surface area (Å²) >= 11 is 5.85. The minimum atomic E-state index is -0.342. The third kappa shape index (κ3) is 2.97. The lowest BCUT2D eigenvalue weighted by Crippen LogP contribution is -2.45. The molecular weight excluding hydrogens is 239 g/mol. The molecule has 0 aliphatic carbocycles. The summed E-state index contributed by atoms with van der Waals surface area (Å²) in [6.07, 6.45) is 1.02. The van der Waals surface area contributed by atoms with E-state index in [0.29, 0.717) is 6.04 Å². The van der Waals surface area contributed by atoms with Crippen LogP contribution in [0.3, 0.4) is 0 Å². The summed E-state index contributed by atoms with van der Waals surface area (Å²) in [6.45, 7) is 6.27. The van der Waals surface area contributed by atoms with Crippen LogP contribution in [0, 0.1) is 5.82 Å². The van der Waals surface area contributed by atoms with Crippen molar-refractivity contribution in [1.29, 1.82) is 0 Å². The molecule has 0 spiro atoms. The first kappa shape index (κ1) is 12.8. The van der Waals surface area contributed by atoms with Gasteiger partial charge in [0, 0.05) is 32.2 Å². The van der Waals surface area contributed by atoms with Crippen LogP contribution in [0.25, 0.3) is 0 Å². The fourth-order valence-electron chi connectivity index (χ4n) is 2.42. The summed E-state index contributed by atoms with van der Waals surface area (Å²) < 4.78 is 13.2. The molecule has 1 aromatic rings. The van der Waals surface area contributed by atoms with Crippen LogP contribution in [0.5, 0.6) is 0 Å². The maximum atomic E-state index is 13.2. The highest BCUT2D eigenvalue weighted by atomic mass is 35.5. The van der Waals surface area contributed by atoms with E-state index in [2.05, 4.69) is 17.1 Å². The van der Waals surface area contributed by atoms with Crippen LogP contribution in [0.1, 0.15) is 24.9 Å². The van der Waals surface area contributed by atoms with E-state index in [0.717, 1.165) is 38.2 Å². The second kappa shape index (κ2) is 5.80. The summed E-state index contributed by atoms with van der Waals surface area (Å²) in [5.74, 6) is -0.342. The standard InChI is InChI=1S/C13H18ClFN2/c1-2-13(17-7-5-16-6-8-17)10-3-4-12(15)11(14)9-10/h3-4,9,13,16H,2,5-8H2,1H3. The van der Waals surface area contributed by atoms with Gasteiger partial charge >= 0.3 is 0 Å². The minimum Gasteiger partial charge on any atom is -0.314 e. The van der Waals surface area contributed by atoms with Crippen molar-refractivity contribution < 1.29 is 4.39 Å². The summed E-state index contributed by atoms with van der Waals surface area (Å²) in [7, 11) is 0. The minimum absolute atomic E-state index is 0.219. The fourth-order valence-corrected chi connectivity index (χ4v) is 2.61. The zero-order valence-corrected chi connectivity index (χ0v) is 10.8. The Kier molecular flexibility index (Phi) is 4.37. The molecule has 0 saturated carbocycles. The smallest absolute Gasteiger partial charge is 0.141 e. The van der Waals surface area contributed by atoms with E-state index in [1.54, 1.807) is 6.07 Å². The molecule has 0 radical (unpaired) electrons. The molecule has 1 fully saturated rings. The average molecular weight is 257 g/mol. The van der Waals surface area contributed by atoms with E-state index in [1.807, 2.05) is 6.07 Å². The molecule has 2 nitrogen and oxygen atoms in total. The normalized spacial score (nSPS) is 19.2. The molecule has 4 heteroatoms. The monoisotopic (exact) mass is 256 g/mol. The Morgan fingerprint density at radius 3 is 2.71 bits per heavy atom. The second-order valence-corrected chi connectivity index (χ2v) is 4.79. The van der Waals surface area contributed by atoms with Crippen LogP contribution in [0.15, 0.2) is 18.2 Å². The van der Waals surface area contributed by atoms with Crippen molar-refractivity contribution in [3.63, 3.8) is 0 Å². The summed E-state index contributed by atoms with van der Waals surface area (Å²) in [6, 6.07) is 5.41. The molecule has 94 valence electrons. The van der Waals surface area contributed by atoms with Crippen LogP contribution >= 0.6 is 11.6 Å². The predicted octanol–water partition coefficient (Wildman–Crippen LogP) is 2.84. The lowest BCUT2D eigenvalue weighted by Gasteiger charge is -2.34. The van der Waals surface area contributed by atoms with Crippen LogP contribution in [0.2, 0.25) is 5.02 Å². The van der Waals surface area contributed by atoms with Gasteiger partial charge in [-0.2, -0.15) is 0 Å². The molecule has 17 heavy (non-hydrogen) atoms. The van der Waals surface area contributed by atoms with Gasteiger partial charge in [0.2, 0.25) is 0 Å². The zero-order valence-electron chi connectivity index (χ0n) is 10.0. The quantitative estimate of drug-likeness (QED) is 0.895. The molecule has 1 aliphatic rings. The van der Waals surface area contributed by atoms with E-state index in [9.17, 15) is 4.39 Å². The van der Waals surface area contributed by atoms with Crippen molar-refractivity contribution in [2.45, 2.75) is 19.4 Å². The summed E-state index contributed by atoms with van der Waals surface area (Å²) in [5.41, 5.74) is 1.11. The first-order valence-electron chi connectivity index (χ1n) is 6.12. The van der Waals surface area contributed by atoms with Gasteiger partial charge in [-0.25, -0.2) is 4.39 Å². The van der Waals surface area contributed by atoms with Gasteiger partial charge in [-0.1, -0.05) is 24.6 Å². The van der Waals surface area contributed by atoms with Gasteiger partial charge in [0.15, 0.2) is 0 Å². The van der Waals surface area contributed by atoms with Crippen molar-refractivity contribution in [1.82, 2.24) is 10.2 Å². The lowest BCUT2D eigenvalue weighted by atomic mass is 10.0. The Labute approximate surface area is 107 Å². The predicted molar refractivity (Wildman–Crippen MR) is 68.9 cm³/mol. The zero-order chi connectivity index (χ0) is 12.3. The molecule has 1 aromatic carbocycles. The Morgan fingerprint density at radius 1 is 1.41 bits per heavy atom. The number of halogens is 2. The van der Waals surface area contributed by atoms with E-state index < -0.39 is 0 Å². The van der Waals surface area contributed by atoms with Crippen molar-refractivity contribution in [3.8, 4) is 0 Å². The molecule has 0 amide bonds. The molecule has 0 aromatic heterocycles. The topological polar surface area (TPSA) is 15.3 Å². The van der Waals surface area contributed by atoms with Crippen molar-refractivity contribution in [2.24, 2.45) is 0 Å².